The van der Waals surface area contributed by atoms with E-state index in [-0.39, 0.29) is 5.92 Å². The monoisotopic (exact) mass is 249 g/mol. The molecule has 2 rings (SSSR count). The van der Waals surface area contributed by atoms with E-state index in [0.717, 1.165) is 18.0 Å². The van der Waals surface area contributed by atoms with E-state index >= 15 is 0 Å². The summed E-state index contributed by atoms with van der Waals surface area (Å²) in [7, 11) is 0. The third-order valence-corrected chi connectivity index (χ3v) is 3.60. The van der Waals surface area contributed by atoms with Crippen molar-refractivity contribution in [1.82, 2.24) is 9.97 Å². The first-order valence-corrected chi connectivity index (χ1v) is 6.84. The average molecular weight is 249 g/mol. The van der Waals surface area contributed by atoms with Crippen LogP contribution in [0.2, 0.25) is 0 Å². The highest BCUT2D eigenvalue weighted by Crippen LogP contribution is 2.27. The Bertz CT molecular complexity index is 412. The molecule has 0 unspecified atom stereocenters. The Morgan fingerprint density at radius 2 is 1.94 bits per heavy atom. The molecule has 1 aliphatic rings. The average Bonchev–Trinajstić information content (AvgIpc) is 2.83. The van der Waals surface area contributed by atoms with Crippen LogP contribution in [0.5, 0.6) is 5.88 Å². The first-order chi connectivity index (χ1) is 8.58. The number of aromatic nitrogens is 2. The SMILES string of the molecule is Cc1c(N)nc(C(C)C)nc1OCC1CCCC1. The summed E-state index contributed by atoms with van der Waals surface area (Å²) in [5.41, 5.74) is 6.77. The summed E-state index contributed by atoms with van der Waals surface area (Å²) in [4.78, 5) is 8.78. The highest BCUT2D eigenvalue weighted by molar-refractivity contribution is 5.44. The molecule has 1 saturated carbocycles. The van der Waals surface area contributed by atoms with Gasteiger partial charge in [0.1, 0.15) is 11.6 Å². The third kappa shape index (κ3) is 2.92. The van der Waals surface area contributed by atoms with Crippen LogP contribution in [0, 0.1) is 12.8 Å². The summed E-state index contributed by atoms with van der Waals surface area (Å²) in [6.45, 7) is 6.80. The van der Waals surface area contributed by atoms with Gasteiger partial charge < -0.3 is 10.5 Å². The number of anilines is 1. The number of hydrogen-bond donors (Lipinski definition) is 1. The van der Waals surface area contributed by atoms with Crippen LogP contribution in [0.1, 0.15) is 56.8 Å². The summed E-state index contributed by atoms with van der Waals surface area (Å²) in [6, 6.07) is 0. The summed E-state index contributed by atoms with van der Waals surface area (Å²) >= 11 is 0. The van der Waals surface area contributed by atoms with Crippen LogP contribution in [0.4, 0.5) is 5.82 Å². The van der Waals surface area contributed by atoms with Gasteiger partial charge in [-0.1, -0.05) is 26.7 Å². The van der Waals surface area contributed by atoms with Crippen LogP contribution in [-0.4, -0.2) is 16.6 Å². The Balaban J connectivity index is 2.10. The van der Waals surface area contributed by atoms with E-state index in [1.54, 1.807) is 0 Å². The van der Waals surface area contributed by atoms with Crippen molar-refractivity contribution in [2.45, 2.75) is 52.4 Å². The van der Waals surface area contributed by atoms with Gasteiger partial charge in [-0.25, -0.2) is 4.98 Å². The molecule has 0 radical (unpaired) electrons. The van der Waals surface area contributed by atoms with E-state index in [9.17, 15) is 0 Å². The maximum Gasteiger partial charge on any atom is 0.221 e. The smallest absolute Gasteiger partial charge is 0.221 e. The minimum absolute atomic E-state index is 0.265. The van der Waals surface area contributed by atoms with E-state index < -0.39 is 0 Å². The Morgan fingerprint density at radius 3 is 2.56 bits per heavy atom. The number of rotatable bonds is 4. The van der Waals surface area contributed by atoms with Gasteiger partial charge in [-0.3, -0.25) is 0 Å². The molecule has 0 atom stereocenters. The Morgan fingerprint density at radius 1 is 1.28 bits per heavy atom. The molecule has 100 valence electrons. The second-order valence-corrected chi connectivity index (χ2v) is 5.51. The van der Waals surface area contributed by atoms with Crippen molar-refractivity contribution in [2.24, 2.45) is 5.92 Å². The molecule has 0 saturated heterocycles. The van der Waals surface area contributed by atoms with Gasteiger partial charge in [0.15, 0.2) is 0 Å². The quantitative estimate of drug-likeness (QED) is 0.890. The second kappa shape index (κ2) is 5.55. The lowest BCUT2D eigenvalue weighted by atomic mass is 10.1. The van der Waals surface area contributed by atoms with Gasteiger partial charge in [-0.2, -0.15) is 4.98 Å². The highest BCUT2D eigenvalue weighted by Gasteiger charge is 2.18. The molecule has 1 aromatic rings. The summed E-state index contributed by atoms with van der Waals surface area (Å²) in [5, 5.41) is 0. The molecular formula is C14H23N3O. The topological polar surface area (TPSA) is 61.0 Å². The predicted octanol–water partition coefficient (Wildman–Crippen LogP) is 3.06. The standard InChI is InChI=1S/C14H23N3O/c1-9(2)13-16-12(15)10(3)14(17-13)18-8-11-6-4-5-7-11/h9,11H,4-8H2,1-3H3,(H2,15,16,17). The van der Waals surface area contributed by atoms with Gasteiger partial charge in [0.05, 0.1) is 12.2 Å². The second-order valence-electron chi connectivity index (χ2n) is 5.51. The van der Waals surface area contributed by atoms with Crippen molar-refractivity contribution < 1.29 is 4.74 Å². The molecule has 2 N–H and O–H groups in total. The van der Waals surface area contributed by atoms with Crippen LogP contribution in [0.15, 0.2) is 0 Å². The maximum absolute atomic E-state index is 5.91. The van der Waals surface area contributed by atoms with Crippen molar-refractivity contribution in [3.63, 3.8) is 0 Å². The molecule has 1 fully saturated rings. The number of nitrogens with two attached hydrogens (primary N) is 1. The molecule has 1 aliphatic carbocycles. The first-order valence-electron chi connectivity index (χ1n) is 6.84. The summed E-state index contributed by atoms with van der Waals surface area (Å²) in [6.07, 6.45) is 5.21. The highest BCUT2D eigenvalue weighted by atomic mass is 16.5. The molecule has 4 heteroatoms. The molecule has 0 bridgehead atoms. The minimum Gasteiger partial charge on any atom is -0.477 e. The molecular weight excluding hydrogens is 226 g/mol. The zero-order chi connectivity index (χ0) is 13.1. The van der Waals surface area contributed by atoms with Crippen molar-refractivity contribution in [3.05, 3.63) is 11.4 Å². The van der Waals surface area contributed by atoms with E-state index in [2.05, 4.69) is 23.8 Å². The lowest BCUT2D eigenvalue weighted by Gasteiger charge is -2.15. The van der Waals surface area contributed by atoms with Gasteiger partial charge in [-0.15, -0.1) is 0 Å². The Hall–Kier alpha value is -1.32. The zero-order valence-electron chi connectivity index (χ0n) is 11.6. The van der Waals surface area contributed by atoms with Gasteiger partial charge in [0.25, 0.3) is 0 Å². The zero-order valence-corrected chi connectivity index (χ0v) is 11.6. The largest absolute Gasteiger partial charge is 0.477 e. The fourth-order valence-electron chi connectivity index (χ4n) is 2.30. The summed E-state index contributed by atoms with van der Waals surface area (Å²) < 4.78 is 5.86. The number of nitrogens with zero attached hydrogens (tertiary/aromatic N) is 2. The van der Waals surface area contributed by atoms with Crippen LogP contribution < -0.4 is 10.5 Å². The van der Waals surface area contributed by atoms with Gasteiger partial charge in [0, 0.05) is 5.92 Å². The van der Waals surface area contributed by atoms with Crippen LogP contribution in [0.3, 0.4) is 0 Å². The normalized spacial score (nSPS) is 16.4. The van der Waals surface area contributed by atoms with Crippen LogP contribution >= 0.6 is 0 Å². The fourth-order valence-corrected chi connectivity index (χ4v) is 2.30. The van der Waals surface area contributed by atoms with E-state index in [0.29, 0.717) is 17.6 Å². The third-order valence-electron chi connectivity index (χ3n) is 3.60. The van der Waals surface area contributed by atoms with Crippen molar-refractivity contribution in [2.75, 3.05) is 12.3 Å². The number of hydrogen-bond acceptors (Lipinski definition) is 4. The molecule has 18 heavy (non-hydrogen) atoms. The molecule has 4 nitrogen and oxygen atoms in total. The summed E-state index contributed by atoms with van der Waals surface area (Å²) in [5.74, 6) is 2.91. The molecule has 0 aliphatic heterocycles. The van der Waals surface area contributed by atoms with Crippen LogP contribution in [-0.2, 0) is 0 Å². The Labute approximate surface area is 109 Å². The first kappa shape index (κ1) is 13.1. The van der Waals surface area contributed by atoms with Crippen LogP contribution in [0.25, 0.3) is 0 Å². The molecule has 1 heterocycles. The minimum atomic E-state index is 0.265. The molecule has 0 spiro atoms. The van der Waals surface area contributed by atoms with Gasteiger partial charge in [0.2, 0.25) is 5.88 Å². The van der Waals surface area contributed by atoms with Crippen molar-refractivity contribution in [3.8, 4) is 5.88 Å². The lowest BCUT2D eigenvalue weighted by molar-refractivity contribution is 0.241. The van der Waals surface area contributed by atoms with Gasteiger partial charge >= 0.3 is 0 Å². The van der Waals surface area contributed by atoms with Crippen molar-refractivity contribution >= 4 is 5.82 Å². The Kier molecular flexibility index (Phi) is 4.04. The van der Waals surface area contributed by atoms with E-state index in [1.807, 2.05) is 6.92 Å². The maximum atomic E-state index is 5.91. The fraction of sp³-hybridized carbons (Fsp3) is 0.714. The van der Waals surface area contributed by atoms with E-state index in [1.165, 1.54) is 25.7 Å². The molecule has 0 aromatic carbocycles. The predicted molar refractivity (Wildman–Crippen MR) is 72.7 cm³/mol. The molecule has 0 amide bonds. The number of nitrogen functional groups attached to an aromatic ring is 1. The van der Waals surface area contributed by atoms with E-state index in [4.69, 9.17) is 10.5 Å². The lowest BCUT2D eigenvalue weighted by Crippen LogP contribution is -2.13. The molecule has 1 aromatic heterocycles. The van der Waals surface area contributed by atoms with Crippen molar-refractivity contribution in [1.29, 1.82) is 0 Å². The number of ether oxygens (including phenoxy) is 1. The van der Waals surface area contributed by atoms with Gasteiger partial charge in [-0.05, 0) is 25.7 Å².